The zero-order valence-electron chi connectivity index (χ0n) is 12.8. The second-order valence-corrected chi connectivity index (χ2v) is 4.84. The number of benzene rings is 1. The summed E-state index contributed by atoms with van der Waals surface area (Å²) in [5.74, 6) is 1.38. The molecule has 1 aromatic heterocycles. The third kappa shape index (κ3) is 4.77. The Morgan fingerprint density at radius 1 is 1.14 bits per heavy atom. The Balaban J connectivity index is 1.77. The van der Waals surface area contributed by atoms with Crippen LogP contribution in [0.1, 0.15) is 17.5 Å². The van der Waals surface area contributed by atoms with Gasteiger partial charge in [0.2, 0.25) is 11.8 Å². The van der Waals surface area contributed by atoms with E-state index in [-0.39, 0.29) is 5.91 Å². The van der Waals surface area contributed by atoms with Crippen LogP contribution in [-0.2, 0) is 17.8 Å². The minimum Gasteiger partial charge on any atom is -0.497 e. The summed E-state index contributed by atoms with van der Waals surface area (Å²) in [4.78, 5) is 16.0. The molecule has 2 aromatic rings. The third-order valence-electron chi connectivity index (χ3n) is 3.27. The van der Waals surface area contributed by atoms with E-state index in [4.69, 9.17) is 9.47 Å². The van der Waals surface area contributed by atoms with Crippen LogP contribution in [0, 0.1) is 0 Å². The fourth-order valence-corrected chi connectivity index (χ4v) is 2.01. The van der Waals surface area contributed by atoms with Crippen molar-refractivity contribution in [3.05, 3.63) is 53.7 Å². The molecule has 5 nitrogen and oxygen atoms in total. The molecule has 0 bridgehead atoms. The number of hydrogen-bond donors (Lipinski definition) is 1. The number of hydrogen-bond acceptors (Lipinski definition) is 4. The Hall–Kier alpha value is -2.56. The van der Waals surface area contributed by atoms with Gasteiger partial charge in [-0.3, -0.25) is 4.79 Å². The maximum atomic E-state index is 11.9. The molecule has 0 atom stereocenters. The second-order valence-electron chi connectivity index (χ2n) is 4.84. The van der Waals surface area contributed by atoms with Gasteiger partial charge in [-0.05, 0) is 29.7 Å². The van der Waals surface area contributed by atoms with E-state index in [1.165, 1.54) is 0 Å². The van der Waals surface area contributed by atoms with E-state index < -0.39 is 0 Å². The summed E-state index contributed by atoms with van der Waals surface area (Å²) < 4.78 is 10.2. The first-order valence-corrected chi connectivity index (χ1v) is 7.10. The van der Waals surface area contributed by atoms with E-state index in [9.17, 15) is 4.79 Å². The van der Waals surface area contributed by atoms with Crippen LogP contribution in [-0.4, -0.2) is 25.1 Å². The van der Waals surface area contributed by atoms with E-state index in [1.807, 2.05) is 30.3 Å². The largest absolute Gasteiger partial charge is 0.497 e. The lowest BCUT2D eigenvalue weighted by atomic mass is 10.1. The monoisotopic (exact) mass is 300 g/mol. The van der Waals surface area contributed by atoms with Gasteiger partial charge in [-0.15, -0.1) is 0 Å². The Morgan fingerprint density at radius 3 is 2.68 bits per heavy atom. The smallest absolute Gasteiger partial charge is 0.220 e. The minimum atomic E-state index is 0.0126. The van der Waals surface area contributed by atoms with Crippen molar-refractivity contribution in [3.63, 3.8) is 0 Å². The minimum absolute atomic E-state index is 0.0126. The van der Waals surface area contributed by atoms with Gasteiger partial charge in [0.15, 0.2) is 0 Å². The summed E-state index contributed by atoms with van der Waals surface area (Å²) in [6.45, 7) is 0.466. The molecule has 1 amide bonds. The van der Waals surface area contributed by atoms with Gasteiger partial charge in [0.1, 0.15) is 5.75 Å². The van der Waals surface area contributed by atoms with Gasteiger partial charge in [0.25, 0.3) is 0 Å². The Bertz CT molecular complexity index is 612. The van der Waals surface area contributed by atoms with Crippen molar-refractivity contribution in [3.8, 4) is 11.6 Å². The zero-order valence-corrected chi connectivity index (χ0v) is 12.8. The molecule has 2 rings (SSSR count). The van der Waals surface area contributed by atoms with E-state index in [0.717, 1.165) is 16.9 Å². The fourth-order valence-electron chi connectivity index (χ4n) is 2.01. The van der Waals surface area contributed by atoms with Crippen molar-refractivity contribution < 1.29 is 14.3 Å². The Morgan fingerprint density at radius 2 is 2.00 bits per heavy atom. The lowest BCUT2D eigenvalue weighted by Crippen LogP contribution is -2.23. The highest BCUT2D eigenvalue weighted by Crippen LogP contribution is 2.14. The predicted octanol–water partition coefficient (Wildman–Crippen LogP) is 2.35. The standard InChI is InChI=1S/C17H20N2O3/c1-21-15-5-3-4-13(10-15)6-8-16(20)18-11-14-7-9-17(22-2)19-12-14/h3-5,7,9-10,12H,6,8,11H2,1-2H3,(H,18,20). The van der Waals surface area contributed by atoms with E-state index >= 15 is 0 Å². The highest BCUT2D eigenvalue weighted by atomic mass is 16.5. The molecule has 0 spiro atoms. The topological polar surface area (TPSA) is 60.5 Å². The molecule has 0 fully saturated rings. The van der Waals surface area contributed by atoms with Crippen LogP contribution in [0.15, 0.2) is 42.6 Å². The van der Waals surface area contributed by atoms with E-state index in [2.05, 4.69) is 10.3 Å². The number of rotatable bonds is 7. The van der Waals surface area contributed by atoms with Gasteiger partial charge in [-0.1, -0.05) is 18.2 Å². The maximum Gasteiger partial charge on any atom is 0.220 e. The van der Waals surface area contributed by atoms with Crippen molar-refractivity contribution in [2.75, 3.05) is 14.2 Å². The molecule has 1 heterocycles. The Labute approximate surface area is 130 Å². The van der Waals surface area contributed by atoms with Crippen LogP contribution >= 0.6 is 0 Å². The molecule has 0 aliphatic rings. The normalized spacial score (nSPS) is 10.1. The van der Waals surface area contributed by atoms with E-state index in [0.29, 0.717) is 25.3 Å². The fraction of sp³-hybridized carbons (Fsp3) is 0.294. The van der Waals surface area contributed by atoms with Gasteiger partial charge in [-0.25, -0.2) is 4.98 Å². The van der Waals surface area contributed by atoms with Gasteiger partial charge in [-0.2, -0.15) is 0 Å². The average Bonchev–Trinajstić information content (AvgIpc) is 2.58. The van der Waals surface area contributed by atoms with Crippen molar-refractivity contribution in [2.45, 2.75) is 19.4 Å². The molecule has 5 heteroatoms. The van der Waals surface area contributed by atoms with Crippen molar-refractivity contribution in [1.82, 2.24) is 10.3 Å². The molecule has 1 N–H and O–H groups in total. The highest BCUT2D eigenvalue weighted by molar-refractivity contribution is 5.76. The molecule has 0 saturated carbocycles. The van der Waals surface area contributed by atoms with Crippen LogP contribution in [0.4, 0.5) is 0 Å². The molecule has 0 radical (unpaired) electrons. The van der Waals surface area contributed by atoms with Crippen molar-refractivity contribution >= 4 is 5.91 Å². The number of aromatic nitrogens is 1. The number of pyridine rings is 1. The summed E-state index contributed by atoms with van der Waals surface area (Å²) in [6, 6.07) is 11.4. The third-order valence-corrected chi connectivity index (χ3v) is 3.27. The number of carbonyl (C=O) groups excluding carboxylic acids is 1. The number of ether oxygens (including phenoxy) is 2. The molecular weight excluding hydrogens is 280 g/mol. The van der Waals surface area contributed by atoms with Gasteiger partial charge >= 0.3 is 0 Å². The number of aryl methyl sites for hydroxylation is 1. The highest BCUT2D eigenvalue weighted by Gasteiger charge is 2.04. The predicted molar refractivity (Wildman–Crippen MR) is 84.0 cm³/mol. The van der Waals surface area contributed by atoms with Crippen LogP contribution < -0.4 is 14.8 Å². The number of nitrogens with zero attached hydrogens (tertiary/aromatic N) is 1. The molecule has 0 aliphatic heterocycles. The summed E-state index contributed by atoms with van der Waals surface area (Å²) in [7, 11) is 3.21. The molecule has 116 valence electrons. The molecule has 1 aromatic carbocycles. The number of nitrogens with one attached hydrogen (secondary N) is 1. The van der Waals surface area contributed by atoms with Crippen LogP contribution in [0.25, 0.3) is 0 Å². The first-order valence-electron chi connectivity index (χ1n) is 7.10. The van der Waals surface area contributed by atoms with Gasteiger partial charge < -0.3 is 14.8 Å². The van der Waals surface area contributed by atoms with Crippen LogP contribution in [0.5, 0.6) is 11.6 Å². The first kappa shape index (κ1) is 15.8. The van der Waals surface area contributed by atoms with Crippen molar-refractivity contribution in [1.29, 1.82) is 0 Å². The van der Waals surface area contributed by atoms with Crippen LogP contribution in [0.3, 0.4) is 0 Å². The number of carbonyl (C=O) groups is 1. The second kappa shape index (κ2) is 8.02. The zero-order chi connectivity index (χ0) is 15.8. The lowest BCUT2D eigenvalue weighted by Gasteiger charge is -2.07. The summed E-state index contributed by atoms with van der Waals surface area (Å²) in [6.07, 6.45) is 2.82. The first-order chi connectivity index (χ1) is 10.7. The van der Waals surface area contributed by atoms with E-state index in [1.54, 1.807) is 26.5 Å². The quantitative estimate of drug-likeness (QED) is 0.852. The van der Waals surface area contributed by atoms with Crippen LogP contribution in [0.2, 0.25) is 0 Å². The number of methoxy groups -OCH3 is 2. The lowest BCUT2D eigenvalue weighted by molar-refractivity contribution is -0.121. The summed E-state index contributed by atoms with van der Waals surface area (Å²) in [5.41, 5.74) is 2.02. The summed E-state index contributed by atoms with van der Waals surface area (Å²) in [5, 5.41) is 2.88. The Kier molecular flexibility index (Phi) is 5.77. The van der Waals surface area contributed by atoms with Gasteiger partial charge in [0.05, 0.1) is 14.2 Å². The summed E-state index contributed by atoms with van der Waals surface area (Å²) >= 11 is 0. The average molecular weight is 300 g/mol. The van der Waals surface area contributed by atoms with Gasteiger partial charge in [0, 0.05) is 25.2 Å². The molecule has 0 unspecified atom stereocenters. The molecule has 22 heavy (non-hydrogen) atoms. The number of amides is 1. The van der Waals surface area contributed by atoms with Crippen molar-refractivity contribution in [2.24, 2.45) is 0 Å². The maximum absolute atomic E-state index is 11.9. The SMILES string of the molecule is COc1cccc(CCC(=O)NCc2ccc(OC)nc2)c1. The molecular formula is C17H20N2O3. The molecule has 0 aliphatic carbocycles. The molecule has 0 saturated heterocycles.